The van der Waals surface area contributed by atoms with Crippen LogP contribution in [0.3, 0.4) is 0 Å². The Hall–Kier alpha value is -3.24. The van der Waals surface area contributed by atoms with E-state index in [-0.39, 0.29) is 35.9 Å². The summed E-state index contributed by atoms with van der Waals surface area (Å²) in [4.78, 5) is 33.8. The third kappa shape index (κ3) is 5.40. The lowest BCUT2D eigenvalue weighted by atomic mass is 10.1. The molecule has 11 heteroatoms. The highest BCUT2D eigenvalue weighted by atomic mass is 35.5. The Labute approximate surface area is 194 Å². The van der Waals surface area contributed by atoms with E-state index in [0.29, 0.717) is 26.5 Å². The summed E-state index contributed by atoms with van der Waals surface area (Å²) in [5.41, 5.74) is -0.114. The Balaban J connectivity index is 1.39. The molecule has 4 aromatic rings. The Morgan fingerprint density at radius 2 is 1.94 bits per heavy atom. The van der Waals surface area contributed by atoms with Crippen LogP contribution >= 0.6 is 22.9 Å². The van der Waals surface area contributed by atoms with Gasteiger partial charge in [-0.1, -0.05) is 23.7 Å². The van der Waals surface area contributed by atoms with E-state index < -0.39 is 11.7 Å². The van der Waals surface area contributed by atoms with Gasteiger partial charge in [-0.05, 0) is 35.9 Å². The van der Waals surface area contributed by atoms with Crippen molar-refractivity contribution in [1.82, 2.24) is 14.5 Å². The zero-order valence-electron chi connectivity index (χ0n) is 16.9. The Morgan fingerprint density at radius 1 is 1.15 bits per heavy atom. The van der Waals surface area contributed by atoms with Gasteiger partial charge in [-0.15, -0.1) is 11.3 Å². The van der Waals surface area contributed by atoms with Gasteiger partial charge in [0.1, 0.15) is 0 Å². The molecule has 33 heavy (non-hydrogen) atoms. The Kier molecular flexibility index (Phi) is 6.48. The lowest BCUT2D eigenvalue weighted by Crippen LogP contribution is -2.23. The van der Waals surface area contributed by atoms with Crippen LogP contribution in [0.2, 0.25) is 5.02 Å². The lowest BCUT2D eigenvalue weighted by Gasteiger charge is -2.09. The van der Waals surface area contributed by atoms with E-state index in [1.165, 1.54) is 23.2 Å². The number of para-hydroxylation sites is 1. The van der Waals surface area contributed by atoms with Crippen molar-refractivity contribution in [1.29, 1.82) is 0 Å². The third-order valence-electron chi connectivity index (χ3n) is 4.85. The number of halogens is 4. The Bertz CT molecular complexity index is 1380. The fourth-order valence-corrected chi connectivity index (χ4v) is 4.23. The molecular weight excluding hydrogens is 477 g/mol. The van der Waals surface area contributed by atoms with E-state index in [0.717, 1.165) is 23.5 Å². The minimum Gasteiger partial charge on any atom is -0.302 e. The first-order chi connectivity index (χ1) is 15.7. The van der Waals surface area contributed by atoms with Gasteiger partial charge < -0.3 is 5.32 Å². The highest BCUT2D eigenvalue weighted by molar-refractivity contribution is 7.15. The maximum absolute atomic E-state index is 13.0. The first kappa shape index (κ1) is 22.9. The molecule has 0 saturated carbocycles. The van der Waals surface area contributed by atoms with Crippen LogP contribution in [0.4, 0.5) is 18.3 Å². The SMILES string of the molecule is O=C(CCn1cnc2ccccc2c1=O)Nc1ncc(Cc2cc(C(F)(F)F)ccc2Cl)s1. The average Bonchev–Trinajstić information content (AvgIpc) is 3.21. The molecule has 0 atom stereocenters. The molecule has 6 nitrogen and oxygen atoms in total. The van der Waals surface area contributed by atoms with Gasteiger partial charge >= 0.3 is 6.18 Å². The number of carbonyl (C=O) groups excluding carboxylic acids is 1. The van der Waals surface area contributed by atoms with Crippen molar-refractivity contribution in [3.05, 3.63) is 86.4 Å². The van der Waals surface area contributed by atoms with E-state index in [1.807, 2.05) is 0 Å². The number of fused-ring (bicyclic) bond motifs is 1. The summed E-state index contributed by atoms with van der Waals surface area (Å²) in [6.07, 6.45) is -1.41. The molecule has 0 aliphatic rings. The number of aromatic nitrogens is 3. The number of rotatable bonds is 6. The van der Waals surface area contributed by atoms with Crippen LogP contribution in [-0.2, 0) is 23.9 Å². The highest BCUT2D eigenvalue weighted by Gasteiger charge is 2.31. The van der Waals surface area contributed by atoms with Crippen LogP contribution in [0.1, 0.15) is 22.4 Å². The van der Waals surface area contributed by atoms with Gasteiger partial charge in [0.05, 0.1) is 22.8 Å². The number of hydrogen-bond acceptors (Lipinski definition) is 5. The van der Waals surface area contributed by atoms with Crippen LogP contribution in [0, 0.1) is 0 Å². The summed E-state index contributed by atoms with van der Waals surface area (Å²) in [5, 5.41) is 3.64. The van der Waals surface area contributed by atoms with Crippen LogP contribution in [-0.4, -0.2) is 20.4 Å². The lowest BCUT2D eigenvalue weighted by molar-refractivity contribution is -0.137. The van der Waals surface area contributed by atoms with Gasteiger partial charge in [0.25, 0.3) is 5.56 Å². The molecule has 0 aliphatic heterocycles. The maximum atomic E-state index is 13.0. The predicted octanol–water partition coefficient (Wildman–Crippen LogP) is 5.14. The van der Waals surface area contributed by atoms with E-state index >= 15 is 0 Å². The largest absolute Gasteiger partial charge is 0.416 e. The molecule has 2 heterocycles. The minimum atomic E-state index is -4.46. The van der Waals surface area contributed by atoms with Crippen molar-refractivity contribution in [3.8, 4) is 0 Å². The summed E-state index contributed by atoms with van der Waals surface area (Å²) in [5.74, 6) is -0.354. The average molecular weight is 493 g/mol. The number of carbonyl (C=O) groups is 1. The monoisotopic (exact) mass is 492 g/mol. The van der Waals surface area contributed by atoms with Crippen molar-refractivity contribution in [2.45, 2.75) is 25.6 Å². The second kappa shape index (κ2) is 9.32. The summed E-state index contributed by atoms with van der Waals surface area (Å²) >= 11 is 7.19. The molecule has 2 aromatic carbocycles. The fraction of sp³-hybridized carbons (Fsp3) is 0.182. The van der Waals surface area contributed by atoms with Gasteiger partial charge in [-0.25, -0.2) is 9.97 Å². The molecular formula is C22H16ClF3N4O2S. The quantitative estimate of drug-likeness (QED) is 0.404. The highest BCUT2D eigenvalue weighted by Crippen LogP contribution is 2.33. The summed E-state index contributed by atoms with van der Waals surface area (Å²) < 4.78 is 40.2. The fourth-order valence-electron chi connectivity index (χ4n) is 3.19. The van der Waals surface area contributed by atoms with Crippen LogP contribution in [0.15, 0.2) is 59.8 Å². The summed E-state index contributed by atoms with van der Waals surface area (Å²) in [7, 11) is 0. The third-order valence-corrected chi connectivity index (χ3v) is 6.13. The second-order valence-electron chi connectivity index (χ2n) is 7.17. The van der Waals surface area contributed by atoms with Gasteiger partial charge in [0.15, 0.2) is 5.13 Å². The number of thiazole rings is 1. The standard InChI is InChI=1S/C22H16ClF3N4O2S/c23-17-6-5-14(22(24,25)26)9-13(17)10-15-11-27-21(33-15)29-19(31)7-8-30-12-28-18-4-2-1-3-16(18)20(30)32/h1-6,9,11-12H,7-8,10H2,(H,27,29,31). The molecule has 1 N–H and O–H groups in total. The van der Waals surface area contributed by atoms with Gasteiger partial charge in [-0.2, -0.15) is 13.2 Å². The molecule has 2 aromatic heterocycles. The molecule has 0 unspecified atom stereocenters. The maximum Gasteiger partial charge on any atom is 0.416 e. The van der Waals surface area contributed by atoms with E-state index in [1.54, 1.807) is 24.3 Å². The van der Waals surface area contributed by atoms with E-state index in [9.17, 15) is 22.8 Å². The second-order valence-corrected chi connectivity index (χ2v) is 8.69. The van der Waals surface area contributed by atoms with Crippen LogP contribution < -0.4 is 10.9 Å². The first-order valence-corrected chi connectivity index (χ1v) is 10.9. The first-order valence-electron chi connectivity index (χ1n) is 9.75. The number of amides is 1. The van der Waals surface area contributed by atoms with Gasteiger partial charge in [0, 0.05) is 35.5 Å². The van der Waals surface area contributed by atoms with Crippen molar-refractivity contribution in [3.63, 3.8) is 0 Å². The van der Waals surface area contributed by atoms with Crippen molar-refractivity contribution < 1.29 is 18.0 Å². The number of anilines is 1. The smallest absolute Gasteiger partial charge is 0.302 e. The summed E-state index contributed by atoms with van der Waals surface area (Å²) in [6.45, 7) is 0.139. The number of aryl methyl sites for hydroxylation is 1. The van der Waals surface area contributed by atoms with Gasteiger partial charge in [0.2, 0.25) is 5.91 Å². The number of benzene rings is 2. The zero-order chi connectivity index (χ0) is 23.6. The van der Waals surface area contributed by atoms with Crippen molar-refractivity contribution in [2.24, 2.45) is 0 Å². The molecule has 0 fully saturated rings. The molecule has 0 radical (unpaired) electrons. The molecule has 0 bridgehead atoms. The van der Waals surface area contributed by atoms with Crippen LogP contribution in [0.5, 0.6) is 0 Å². The van der Waals surface area contributed by atoms with E-state index in [2.05, 4.69) is 15.3 Å². The molecule has 0 aliphatic carbocycles. The number of hydrogen-bond donors (Lipinski definition) is 1. The Morgan fingerprint density at radius 3 is 2.73 bits per heavy atom. The predicted molar refractivity (Wildman–Crippen MR) is 121 cm³/mol. The normalized spacial score (nSPS) is 11.6. The van der Waals surface area contributed by atoms with Gasteiger partial charge in [-0.3, -0.25) is 14.2 Å². The summed E-state index contributed by atoms with van der Waals surface area (Å²) in [6, 6.07) is 10.1. The number of nitrogens with one attached hydrogen (secondary N) is 1. The topological polar surface area (TPSA) is 76.9 Å². The van der Waals surface area contributed by atoms with Crippen molar-refractivity contribution >= 4 is 44.9 Å². The zero-order valence-corrected chi connectivity index (χ0v) is 18.5. The van der Waals surface area contributed by atoms with E-state index in [4.69, 9.17) is 11.6 Å². The number of alkyl halides is 3. The molecule has 170 valence electrons. The molecule has 4 rings (SSSR count). The van der Waals surface area contributed by atoms with Crippen LogP contribution in [0.25, 0.3) is 10.9 Å². The van der Waals surface area contributed by atoms with Crippen molar-refractivity contribution in [2.75, 3.05) is 5.32 Å². The molecule has 1 amide bonds. The molecule has 0 saturated heterocycles. The minimum absolute atomic E-state index is 0.0221. The molecule has 0 spiro atoms. The number of nitrogens with zero attached hydrogens (tertiary/aromatic N) is 3.